The van der Waals surface area contributed by atoms with Crippen molar-refractivity contribution < 1.29 is 45.5 Å². The quantitative estimate of drug-likeness (QED) is 0.466. The van der Waals surface area contributed by atoms with Gasteiger partial charge in [0.05, 0.1) is 0 Å². The molecule has 1 fully saturated rings. The van der Waals surface area contributed by atoms with Crippen molar-refractivity contribution in [3.63, 3.8) is 0 Å². The number of rotatable bonds is 6. The third-order valence-corrected chi connectivity index (χ3v) is 5.78. The van der Waals surface area contributed by atoms with Crippen LogP contribution in [0.1, 0.15) is 35.2 Å². The van der Waals surface area contributed by atoms with Crippen LogP contribution in [0.4, 0.5) is 13.2 Å². The Hall–Kier alpha value is -2.76. The zero-order valence-corrected chi connectivity index (χ0v) is 17.7. The second-order valence-electron chi connectivity index (χ2n) is 7.25. The van der Waals surface area contributed by atoms with E-state index in [0.29, 0.717) is 12.3 Å². The van der Waals surface area contributed by atoms with Gasteiger partial charge in [0.1, 0.15) is 16.4 Å². The van der Waals surface area contributed by atoms with Gasteiger partial charge in [0, 0.05) is 38.8 Å². The molecule has 2 rings (SSSR count). The van der Waals surface area contributed by atoms with Gasteiger partial charge in [-0.1, -0.05) is 0 Å². The standard InChI is InChI=1S/C19H20F3NO7S/c1-23(2)14(26)9-30-18-13(31(3,28)29)8-7-10(16(18)19(20,21)22)17(27)15-11(24)5-4-6-12(15)25/h7-8,15H,4-6,9H2,1-3H3. The molecule has 0 unspecified atom stereocenters. The van der Waals surface area contributed by atoms with E-state index in [1.54, 1.807) is 0 Å². The largest absolute Gasteiger partial charge is 0.482 e. The fourth-order valence-corrected chi connectivity index (χ4v) is 3.91. The molecule has 0 heterocycles. The summed E-state index contributed by atoms with van der Waals surface area (Å²) in [7, 11) is -1.64. The van der Waals surface area contributed by atoms with Gasteiger partial charge in [0.25, 0.3) is 5.91 Å². The highest BCUT2D eigenvalue weighted by molar-refractivity contribution is 7.90. The highest BCUT2D eigenvalue weighted by Gasteiger charge is 2.45. The number of carbonyl (C=O) groups excluding carboxylic acids is 4. The Morgan fingerprint density at radius 3 is 2.13 bits per heavy atom. The molecule has 1 aliphatic rings. The predicted octanol–water partition coefficient (Wildman–Crippen LogP) is 1.70. The van der Waals surface area contributed by atoms with Gasteiger partial charge in [-0.05, 0) is 18.6 Å². The number of halogens is 3. The van der Waals surface area contributed by atoms with Gasteiger partial charge in [-0.25, -0.2) is 8.42 Å². The maximum atomic E-state index is 14.0. The van der Waals surface area contributed by atoms with Gasteiger partial charge in [0.15, 0.2) is 39.5 Å². The van der Waals surface area contributed by atoms with Crippen LogP contribution in [0.2, 0.25) is 0 Å². The molecule has 0 aromatic heterocycles. The lowest BCUT2D eigenvalue weighted by Gasteiger charge is -2.23. The first-order valence-corrected chi connectivity index (χ1v) is 10.9. The van der Waals surface area contributed by atoms with Crippen molar-refractivity contribution in [3.8, 4) is 5.75 Å². The first-order valence-electron chi connectivity index (χ1n) is 9.03. The van der Waals surface area contributed by atoms with Crippen LogP contribution in [0, 0.1) is 5.92 Å². The number of hydrogen-bond acceptors (Lipinski definition) is 7. The molecule has 12 heteroatoms. The second kappa shape index (κ2) is 8.77. The van der Waals surface area contributed by atoms with E-state index >= 15 is 0 Å². The third-order valence-electron chi connectivity index (χ3n) is 4.66. The van der Waals surface area contributed by atoms with Gasteiger partial charge in [-0.3, -0.25) is 19.2 Å². The molecule has 0 saturated heterocycles. The fraction of sp³-hybridized carbons (Fsp3) is 0.474. The lowest BCUT2D eigenvalue weighted by atomic mass is 9.80. The third kappa shape index (κ3) is 5.30. The summed E-state index contributed by atoms with van der Waals surface area (Å²) in [5, 5.41) is 0. The van der Waals surface area contributed by atoms with Gasteiger partial charge < -0.3 is 9.64 Å². The van der Waals surface area contributed by atoms with Crippen LogP contribution in [-0.2, 0) is 30.4 Å². The van der Waals surface area contributed by atoms with Crippen LogP contribution in [0.25, 0.3) is 0 Å². The maximum Gasteiger partial charge on any atom is 0.420 e. The number of alkyl halides is 3. The van der Waals surface area contributed by atoms with Gasteiger partial charge in [-0.2, -0.15) is 13.2 Å². The molecule has 0 N–H and O–H groups in total. The molecule has 0 spiro atoms. The molecule has 0 radical (unpaired) electrons. The van der Waals surface area contributed by atoms with E-state index in [1.807, 2.05) is 0 Å². The Bertz CT molecular complexity index is 1030. The van der Waals surface area contributed by atoms with Crippen molar-refractivity contribution >= 4 is 33.1 Å². The van der Waals surface area contributed by atoms with Gasteiger partial charge in [0.2, 0.25) is 0 Å². The van der Waals surface area contributed by atoms with E-state index < -0.39 is 73.6 Å². The highest BCUT2D eigenvalue weighted by Crippen LogP contribution is 2.43. The smallest absolute Gasteiger partial charge is 0.420 e. The Morgan fingerprint density at radius 2 is 1.68 bits per heavy atom. The normalized spacial score (nSPS) is 15.7. The van der Waals surface area contributed by atoms with Crippen molar-refractivity contribution in [1.82, 2.24) is 4.90 Å². The number of hydrogen-bond donors (Lipinski definition) is 0. The van der Waals surface area contributed by atoms with Crippen LogP contribution >= 0.6 is 0 Å². The lowest BCUT2D eigenvalue weighted by molar-refractivity contribution is -0.141. The van der Waals surface area contributed by atoms with E-state index in [4.69, 9.17) is 4.74 Å². The lowest BCUT2D eigenvalue weighted by Crippen LogP contribution is -2.36. The molecule has 0 aliphatic heterocycles. The van der Waals surface area contributed by atoms with Crippen molar-refractivity contribution in [2.45, 2.75) is 30.3 Å². The second-order valence-corrected chi connectivity index (χ2v) is 9.23. The number of ketones is 3. The van der Waals surface area contributed by atoms with Crippen LogP contribution in [0.15, 0.2) is 17.0 Å². The van der Waals surface area contributed by atoms with Crippen molar-refractivity contribution in [2.24, 2.45) is 5.92 Å². The Labute approximate surface area is 176 Å². The van der Waals surface area contributed by atoms with Crippen LogP contribution in [0.5, 0.6) is 5.75 Å². The monoisotopic (exact) mass is 463 g/mol. The van der Waals surface area contributed by atoms with Crippen molar-refractivity contribution in [3.05, 3.63) is 23.3 Å². The van der Waals surface area contributed by atoms with E-state index in [-0.39, 0.29) is 19.3 Å². The Kier molecular flexibility index (Phi) is 6.94. The number of likely N-dealkylation sites (N-methyl/N-ethyl adjacent to an activating group) is 1. The molecular formula is C19H20F3NO7S. The number of benzene rings is 1. The highest BCUT2D eigenvalue weighted by atomic mass is 32.2. The summed E-state index contributed by atoms with van der Waals surface area (Å²) in [6, 6.07) is 1.34. The molecule has 170 valence electrons. The first kappa shape index (κ1) is 24.5. The van der Waals surface area contributed by atoms with Crippen LogP contribution < -0.4 is 4.74 Å². The minimum absolute atomic E-state index is 0.133. The Balaban J connectivity index is 2.73. The molecule has 8 nitrogen and oxygen atoms in total. The fourth-order valence-electron chi connectivity index (χ4n) is 3.10. The van der Waals surface area contributed by atoms with E-state index in [2.05, 4.69) is 0 Å². The first-order chi connectivity index (χ1) is 14.2. The van der Waals surface area contributed by atoms with Crippen LogP contribution in [0.3, 0.4) is 0 Å². The maximum absolute atomic E-state index is 14.0. The van der Waals surface area contributed by atoms with Gasteiger partial charge in [-0.15, -0.1) is 0 Å². The molecule has 0 atom stereocenters. The summed E-state index contributed by atoms with van der Waals surface area (Å²) < 4.78 is 71.1. The molecule has 1 aliphatic carbocycles. The van der Waals surface area contributed by atoms with E-state index in [0.717, 1.165) is 11.0 Å². The molecule has 0 bridgehead atoms. The summed E-state index contributed by atoms with van der Waals surface area (Å²) >= 11 is 0. The van der Waals surface area contributed by atoms with Crippen molar-refractivity contribution in [1.29, 1.82) is 0 Å². The number of Topliss-reactive ketones (excluding diaryl/α,β-unsaturated/α-hetero) is 3. The predicted molar refractivity (Wildman–Crippen MR) is 100 cm³/mol. The summed E-state index contributed by atoms with van der Waals surface area (Å²) in [5.41, 5.74) is -2.82. The molecule has 1 aromatic rings. The zero-order valence-electron chi connectivity index (χ0n) is 16.9. The number of nitrogens with zero attached hydrogens (tertiary/aromatic N) is 1. The topological polar surface area (TPSA) is 115 Å². The molecule has 1 saturated carbocycles. The van der Waals surface area contributed by atoms with E-state index in [9.17, 15) is 40.8 Å². The summed E-state index contributed by atoms with van der Waals surface area (Å²) in [6.07, 6.45) is -4.72. The average molecular weight is 463 g/mol. The average Bonchev–Trinajstić information content (AvgIpc) is 2.63. The summed E-state index contributed by atoms with van der Waals surface area (Å²) in [6.45, 7) is -0.933. The Morgan fingerprint density at radius 1 is 1.13 bits per heavy atom. The minimum Gasteiger partial charge on any atom is -0.482 e. The summed E-state index contributed by atoms with van der Waals surface area (Å²) in [4.78, 5) is 48.9. The summed E-state index contributed by atoms with van der Waals surface area (Å²) in [5.74, 6) is -6.87. The number of carbonyl (C=O) groups is 4. The minimum atomic E-state index is -5.29. The zero-order chi connectivity index (χ0) is 23.7. The SMILES string of the molecule is CN(C)C(=O)COc1c(S(C)(=O)=O)ccc(C(=O)C2C(=O)CCCC2=O)c1C(F)(F)F. The number of sulfone groups is 1. The van der Waals surface area contributed by atoms with Crippen LogP contribution in [-0.4, -0.2) is 63.5 Å². The molecule has 1 amide bonds. The van der Waals surface area contributed by atoms with Crippen molar-refractivity contribution in [2.75, 3.05) is 27.0 Å². The van der Waals surface area contributed by atoms with E-state index in [1.165, 1.54) is 14.1 Å². The number of ether oxygens (including phenoxy) is 1. The number of amides is 1. The molecular weight excluding hydrogens is 443 g/mol. The molecule has 31 heavy (non-hydrogen) atoms. The molecule has 1 aromatic carbocycles. The van der Waals surface area contributed by atoms with Gasteiger partial charge >= 0.3 is 6.18 Å².